The number of nitrogens with one attached hydrogen (secondary N) is 3. The maximum absolute atomic E-state index is 12.2. The van der Waals surface area contributed by atoms with Crippen LogP contribution >= 0.6 is 11.6 Å². The number of amides is 2. The quantitative estimate of drug-likeness (QED) is 0.364. The lowest BCUT2D eigenvalue weighted by Crippen LogP contribution is -2.42. The lowest BCUT2D eigenvalue weighted by molar-refractivity contribution is -0.123. The van der Waals surface area contributed by atoms with Gasteiger partial charge >= 0.3 is 0 Å². The summed E-state index contributed by atoms with van der Waals surface area (Å²) in [5, 5.41) is 20.5. The fourth-order valence-corrected chi connectivity index (χ4v) is 3.49. The van der Waals surface area contributed by atoms with E-state index in [1.807, 2.05) is 32.9 Å². The van der Waals surface area contributed by atoms with Gasteiger partial charge in [-0.15, -0.1) is 0 Å². The van der Waals surface area contributed by atoms with Gasteiger partial charge in [0.1, 0.15) is 24.2 Å². The number of carbonyl (C=O) groups is 2. The highest BCUT2D eigenvalue weighted by molar-refractivity contribution is 6.32. The summed E-state index contributed by atoms with van der Waals surface area (Å²) in [4.78, 5) is 23.5. The molecule has 0 aromatic heterocycles. The summed E-state index contributed by atoms with van der Waals surface area (Å²) in [7, 11) is 0. The SMILES string of the molecule is CC(C)(C)NCC(O)COc1ccc(CNC(=O)COc2ccc(C3=NNC(=O)CC3)cc2Cl)cc1. The lowest BCUT2D eigenvalue weighted by atomic mass is 10.0. The third kappa shape index (κ3) is 9.14. The van der Waals surface area contributed by atoms with Crippen LogP contribution < -0.4 is 25.5 Å². The van der Waals surface area contributed by atoms with E-state index in [4.69, 9.17) is 21.1 Å². The molecule has 1 heterocycles. The van der Waals surface area contributed by atoms with Crippen molar-refractivity contribution in [2.75, 3.05) is 19.8 Å². The van der Waals surface area contributed by atoms with Crippen LogP contribution in [0.1, 0.15) is 44.7 Å². The molecule has 1 atom stereocenters. The molecule has 2 amide bonds. The van der Waals surface area contributed by atoms with E-state index in [1.54, 1.807) is 30.3 Å². The molecular formula is C26H33ClN4O5. The van der Waals surface area contributed by atoms with Crippen LogP contribution in [0.4, 0.5) is 0 Å². The first-order chi connectivity index (χ1) is 17.1. The number of β-amino-alcohol motifs (C(OH)–C–C–N with tert-alkyl or cyclic N) is 1. The minimum Gasteiger partial charge on any atom is -0.491 e. The van der Waals surface area contributed by atoms with E-state index >= 15 is 0 Å². The molecule has 0 radical (unpaired) electrons. The summed E-state index contributed by atoms with van der Waals surface area (Å²) in [6.45, 7) is 6.89. The number of hydrogen-bond donors (Lipinski definition) is 4. The number of rotatable bonds is 11. The van der Waals surface area contributed by atoms with Gasteiger partial charge in [-0.05, 0) is 62.2 Å². The Morgan fingerprint density at radius 1 is 1.17 bits per heavy atom. The van der Waals surface area contributed by atoms with Crippen LogP contribution in [0, 0.1) is 0 Å². The van der Waals surface area contributed by atoms with Crippen LogP contribution in [0.5, 0.6) is 11.5 Å². The van der Waals surface area contributed by atoms with Crippen LogP contribution in [0.3, 0.4) is 0 Å². The van der Waals surface area contributed by atoms with Gasteiger partial charge in [0.25, 0.3) is 5.91 Å². The van der Waals surface area contributed by atoms with E-state index in [0.29, 0.717) is 42.5 Å². The van der Waals surface area contributed by atoms with E-state index in [-0.39, 0.29) is 30.6 Å². The zero-order chi connectivity index (χ0) is 26.1. The number of aliphatic hydroxyl groups is 1. The highest BCUT2D eigenvalue weighted by atomic mass is 35.5. The number of carbonyl (C=O) groups excluding carboxylic acids is 2. The van der Waals surface area contributed by atoms with E-state index in [0.717, 1.165) is 16.8 Å². The molecule has 2 aromatic rings. The fraction of sp³-hybridized carbons (Fsp3) is 0.423. The van der Waals surface area contributed by atoms with Crippen LogP contribution in [0.25, 0.3) is 0 Å². The van der Waals surface area contributed by atoms with Gasteiger partial charge in [-0.3, -0.25) is 9.59 Å². The van der Waals surface area contributed by atoms with E-state index in [1.165, 1.54) is 0 Å². The Hall–Kier alpha value is -3.14. The number of benzene rings is 2. The van der Waals surface area contributed by atoms with E-state index in [2.05, 4.69) is 21.2 Å². The summed E-state index contributed by atoms with van der Waals surface area (Å²) >= 11 is 6.30. The molecule has 0 saturated heterocycles. The molecule has 2 aromatic carbocycles. The standard InChI is InChI=1S/C26H33ClN4O5/c1-26(2,3)29-14-19(32)15-35-20-7-4-17(5-8-20)13-28-25(34)16-36-23-10-6-18(12-21(23)27)22-9-11-24(33)31-30-22/h4-8,10,12,19,29,32H,9,11,13-16H2,1-3H3,(H,28,34)(H,31,33). The van der Waals surface area contributed by atoms with Gasteiger partial charge < -0.3 is 25.2 Å². The molecule has 0 bridgehead atoms. The second-order valence-corrected chi connectivity index (χ2v) is 9.95. The van der Waals surface area contributed by atoms with Gasteiger partial charge in [-0.2, -0.15) is 5.10 Å². The summed E-state index contributed by atoms with van der Waals surface area (Å²) in [6.07, 6.45) is 0.300. The number of halogens is 1. The number of nitrogens with zero attached hydrogens (tertiary/aromatic N) is 1. The van der Waals surface area contributed by atoms with E-state index < -0.39 is 6.10 Å². The Balaban J connectivity index is 1.39. The molecule has 9 nitrogen and oxygen atoms in total. The second-order valence-electron chi connectivity index (χ2n) is 9.54. The Labute approximate surface area is 216 Å². The smallest absolute Gasteiger partial charge is 0.258 e. The zero-order valence-electron chi connectivity index (χ0n) is 20.8. The molecule has 0 saturated carbocycles. The van der Waals surface area contributed by atoms with Crippen molar-refractivity contribution in [1.82, 2.24) is 16.1 Å². The Bertz CT molecular complexity index is 1080. The molecule has 1 unspecified atom stereocenters. The minimum atomic E-state index is -0.614. The summed E-state index contributed by atoms with van der Waals surface area (Å²) < 4.78 is 11.2. The third-order valence-corrected chi connectivity index (χ3v) is 5.55. The first-order valence-electron chi connectivity index (χ1n) is 11.8. The van der Waals surface area contributed by atoms with Gasteiger partial charge in [0.15, 0.2) is 6.61 Å². The summed E-state index contributed by atoms with van der Waals surface area (Å²) in [6, 6.07) is 12.5. The van der Waals surface area contributed by atoms with Crippen molar-refractivity contribution in [2.45, 2.75) is 51.8 Å². The normalized spacial score (nSPS) is 14.5. The van der Waals surface area contributed by atoms with Gasteiger partial charge in [-0.25, -0.2) is 5.43 Å². The Kier molecular flexibility index (Phi) is 9.69. The topological polar surface area (TPSA) is 121 Å². The number of aliphatic hydroxyl groups excluding tert-OH is 1. The third-order valence-electron chi connectivity index (χ3n) is 5.25. The Morgan fingerprint density at radius 2 is 1.92 bits per heavy atom. The van der Waals surface area contributed by atoms with Crippen molar-refractivity contribution in [3.8, 4) is 11.5 Å². The van der Waals surface area contributed by atoms with Crippen molar-refractivity contribution < 1.29 is 24.2 Å². The molecule has 36 heavy (non-hydrogen) atoms. The molecule has 10 heteroatoms. The molecule has 3 rings (SSSR count). The van der Waals surface area contributed by atoms with Gasteiger partial charge in [0, 0.05) is 31.5 Å². The monoisotopic (exact) mass is 516 g/mol. The van der Waals surface area contributed by atoms with Crippen molar-refractivity contribution in [1.29, 1.82) is 0 Å². The number of hydrazone groups is 1. The van der Waals surface area contributed by atoms with Crippen LogP contribution in [0.2, 0.25) is 5.02 Å². The van der Waals surface area contributed by atoms with Crippen molar-refractivity contribution in [3.63, 3.8) is 0 Å². The maximum atomic E-state index is 12.2. The molecule has 194 valence electrons. The average molecular weight is 517 g/mol. The molecule has 1 aliphatic heterocycles. The van der Waals surface area contributed by atoms with Gasteiger partial charge in [0.05, 0.1) is 10.7 Å². The average Bonchev–Trinajstić information content (AvgIpc) is 2.85. The molecule has 0 aliphatic carbocycles. The van der Waals surface area contributed by atoms with Gasteiger partial charge in [-0.1, -0.05) is 23.7 Å². The number of hydrogen-bond acceptors (Lipinski definition) is 7. The molecule has 4 N–H and O–H groups in total. The second kappa shape index (κ2) is 12.7. The molecule has 0 spiro atoms. The Morgan fingerprint density at radius 3 is 2.56 bits per heavy atom. The summed E-state index contributed by atoms with van der Waals surface area (Å²) in [5.74, 6) is 0.629. The first kappa shape index (κ1) is 27.4. The largest absolute Gasteiger partial charge is 0.491 e. The lowest BCUT2D eigenvalue weighted by Gasteiger charge is -2.23. The van der Waals surface area contributed by atoms with Crippen LogP contribution in [-0.4, -0.2) is 54.0 Å². The van der Waals surface area contributed by atoms with Crippen LogP contribution in [-0.2, 0) is 16.1 Å². The molecular weight excluding hydrogens is 484 g/mol. The zero-order valence-corrected chi connectivity index (χ0v) is 21.5. The predicted octanol–water partition coefficient (Wildman–Crippen LogP) is 2.78. The van der Waals surface area contributed by atoms with Crippen molar-refractivity contribution >= 4 is 29.1 Å². The predicted molar refractivity (Wildman–Crippen MR) is 138 cm³/mol. The van der Waals surface area contributed by atoms with E-state index in [9.17, 15) is 14.7 Å². The first-order valence-corrected chi connectivity index (χ1v) is 12.2. The van der Waals surface area contributed by atoms with Gasteiger partial charge in [0.2, 0.25) is 5.91 Å². The summed E-state index contributed by atoms with van der Waals surface area (Å²) in [5.41, 5.74) is 4.82. The highest BCUT2D eigenvalue weighted by Gasteiger charge is 2.15. The van der Waals surface area contributed by atoms with Crippen LogP contribution in [0.15, 0.2) is 47.6 Å². The number of ether oxygens (including phenoxy) is 2. The molecule has 1 aliphatic rings. The van der Waals surface area contributed by atoms with Crippen molar-refractivity contribution in [2.24, 2.45) is 5.10 Å². The van der Waals surface area contributed by atoms with Crippen molar-refractivity contribution in [3.05, 3.63) is 58.6 Å². The minimum absolute atomic E-state index is 0.0687. The highest BCUT2D eigenvalue weighted by Crippen LogP contribution is 2.26. The molecule has 0 fully saturated rings. The fourth-order valence-electron chi connectivity index (χ4n) is 3.25. The maximum Gasteiger partial charge on any atom is 0.258 e.